The zero-order valence-electron chi connectivity index (χ0n) is 22.1. The number of carbonyl (C=O) groups excluding carboxylic acids is 2. The largest absolute Gasteiger partial charge is 0.481 e. The van der Waals surface area contributed by atoms with E-state index in [0.717, 1.165) is 48.3 Å². The molecule has 0 atom stereocenters. The Balaban J connectivity index is 1.61. The zero-order valence-corrected chi connectivity index (χ0v) is 22.1. The van der Waals surface area contributed by atoms with E-state index in [2.05, 4.69) is 15.2 Å². The topological polar surface area (TPSA) is 112 Å². The fourth-order valence-electron chi connectivity index (χ4n) is 4.79. The molecule has 3 aromatic rings. The number of carboxylic acid groups (broad SMARTS) is 1. The lowest BCUT2D eigenvalue weighted by Crippen LogP contribution is -2.32. The Morgan fingerprint density at radius 2 is 1.77 bits per heavy atom. The van der Waals surface area contributed by atoms with Gasteiger partial charge < -0.3 is 19.6 Å². The van der Waals surface area contributed by atoms with E-state index < -0.39 is 12.1 Å². The van der Waals surface area contributed by atoms with Crippen molar-refractivity contribution in [1.29, 1.82) is 0 Å². The van der Waals surface area contributed by atoms with E-state index >= 15 is 0 Å². The highest BCUT2D eigenvalue weighted by molar-refractivity contribution is 5.94. The number of carboxylic acids is 1. The summed E-state index contributed by atoms with van der Waals surface area (Å²) < 4.78 is 4.88. The molecule has 0 radical (unpaired) electrons. The molecule has 4 rings (SSSR count). The van der Waals surface area contributed by atoms with E-state index in [0.29, 0.717) is 11.3 Å². The quantitative estimate of drug-likeness (QED) is 0.380. The molecular formula is C30H34N4O5. The fraction of sp³-hybridized carbons (Fsp3) is 0.333. The number of carbonyl (C=O) groups is 3. The van der Waals surface area contributed by atoms with Gasteiger partial charge in [-0.3, -0.25) is 19.9 Å². The molecule has 1 saturated heterocycles. The van der Waals surface area contributed by atoms with E-state index in [1.165, 1.54) is 31.0 Å². The van der Waals surface area contributed by atoms with E-state index in [1.807, 2.05) is 42.5 Å². The standard InChI is InChI=1S/C30H34N4O5/c1-39-30(38)32-26-19-24(11-12-27(26)33-15-4-2-3-5-16-33)23-9-6-8-22(18-23)21-34(17-13-28(35)36)29(37)25-10-7-14-31-20-25/h6-12,14,18-20H,2-5,13,15-17,21H2,1H3,(H,32,38)(H,35,36). The molecule has 1 aromatic heterocycles. The summed E-state index contributed by atoms with van der Waals surface area (Å²) in [4.78, 5) is 44.4. The summed E-state index contributed by atoms with van der Waals surface area (Å²) in [5.74, 6) is -1.25. The minimum Gasteiger partial charge on any atom is -0.481 e. The summed E-state index contributed by atoms with van der Waals surface area (Å²) in [5, 5.41) is 12.1. The van der Waals surface area contributed by atoms with Gasteiger partial charge in [-0.15, -0.1) is 0 Å². The molecule has 0 saturated carbocycles. The number of amides is 2. The highest BCUT2D eigenvalue weighted by Gasteiger charge is 2.19. The van der Waals surface area contributed by atoms with Crippen LogP contribution in [0.3, 0.4) is 0 Å². The molecule has 9 nitrogen and oxygen atoms in total. The summed E-state index contributed by atoms with van der Waals surface area (Å²) in [6.45, 7) is 2.18. The second-order valence-corrected chi connectivity index (χ2v) is 9.56. The van der Waals surface area contributed by atoms with Crippen LogP contribution in [0.15, 0.2) is 67.0 Å². The van der Waals surface area contributed by atoms with Crippen LogP contribution < -0.4 is 10.2 Å². The first-order valence-electron chi connectivity index (χ1n) is 13.2. The molecule has 204 valence electrons. The van der Waals surface area contributed by atoms with Crippen molar-refractivity contribution in [3.8, 4) is 11.1 Å². The van der Waals surface area contributed by atoms with Crippen molar-refractivity contribution in [3.63, 3.8) is 0 Å². The van der Waals surface area contributed by atoms with Gasteiger partial charge in [0.05, 0.1) is 30.5 Å². The summed E-state index contributed by atoms with van der Waals surface area (Å²) in [5.41, 5.74) is 4.72. The number of rotatable bonds is 9. The Morgan fingerprint density at radius 3 is 2.46 bits per heavy atom. The number of hydrogen-bond donors (Lipinski definition) is 2. The van der Waals surface area contributed by atoms with Crippen molar-refractivity contribution in [2.75, 3.05) is 37.0 Å². The van der Waals surface area contributed by atoms with E-state index in [-0.39, 0.29) is 25.4 Å². The second-order valence-electron chi connectivity index (χ2n) is 9.56. The molecule has 1 aliphatic heterocycles. The van der Waals surface area contributed by atoms with Crippen LogP contribution >= 0.6 is 0 Å². The lowest BCUT2D eigenvalue weighted by molar-refractivity contribution is -0.137. The molecule has 39 heavy (non-hydrogen) atoms. The Labute approximate surface area is 228 Å². The zero-order chi connectivity index (χ0) is 27.6. The Bertz CT molecular complexity index is 1290. The normalized spacial score (nSPS) is 13.3. The molecule has 2 heterocycles. The molecule has 2 aromatic carbocycles. The van der Waals surface area contributed by atoms with Gasteiger partial charge >= 0.3 is 12.1 Å². The van der Waals surface area contributed by atoms with Crippen LogP contribution in [-0.4, -0.2) is 59.7 Å². The summed E-state index contributed by atoms with van der Waals surface area (Å²) in [6.07, 6.45) is 7.00. The molecule has 0 unspecified atom stereocenters. The van der Waals surface area contributed by atoms with Crippen molar-refractivity contribution >= 4 is 29.3 Å². The number of benzene rings is 2. The first-order chi connectivity index (χ1) is 18.9. The van der Waals surface area contributed by atoms with Crippen LogP contribution in [0.5, 0.6) is 0 Å². The lowest BCUT2D eigenvalue weighted by atomic mass is 10.0. The van der Waals surface area contributed by atoms with Gasteiger partial charge in [0.1, 0.15) is 0 Å². The number of nitrogens with one attached hydrogen (secondary N) is 1. The third-order valence-corrected chi connectivity index (χ3v) is 6.79. The Kier molecular flexibility index (Phi) is 9.50. The van der Waals surface area contributed by atoms with Crippen LogP contribution in [0.4, 0.5) is 16.2 Å². The number of pyridine rings is 1. The Morgan fingerprint density at radius 1 is 1.00 bits per heavy atom. The average Bonchev–Trinajstić information content (AvgIpc) is 3.25. The van der Waals surface area contributed by atoms with E-state index in [4.69, 9.17) is 4.74 Å². The van der Waals surface area contributed by atoms with Gasteiger partial charge in [-0.1, -0.05) is 37.1 Å². The third kappa shape index (κ3) is 7.56. The summed E-state index contributed by atoms with van der Waals surface area (Å²) in [6, 6.07) is 17.1. The lowest BCUT2D eigenvalue weighted by Gasteiger charge is -2.26. The molecule has 1 aliphatic rings. The SMILES string of the molecule is COC(=O)Nc1cc(-c2cccc(CN(CCC(=O)O)C(=O)c3cccnc3)c2)ccc1N1CCCCCC1. The minimum absolute atomic E-state index is 0.0744. The molecule has 0 spiro atoms. The molecule has 0 aliphatic carbocycles. The number of methoxy groups -OCH3 is 1. The monoisotopic (exact) mass is 530 g/mol. The molecule has 2 amide bonds. The predicted molar refractivity (Wildman–Crippen MR) is 150 cm³/mol. The highest BCUT2D eigenvalue weighted by Crippen LogP contribution is 2.33. The van der Waals surface area contributed by atoms with Crippen molar-refractivity contribution in [3.05, 3.63) is 78.1 Å². The molecular weight excluding hydrogens is 496 g/mol. The molecule has 9 heteroatoms. The van der Waals surface area contributed by atoms with Gasteiger partial charge in [-0.2, -0.15) is 0 Å². The van der Waals surface area contributed by atoms with Crippen LogP contribution in [0.1, 0.15) is 48.0 Å². The molecule has 2 N–H and O–H groups in total. The smallest absolute Gasteiger partial charge is 0.411 e. The number of ether oxygens (including phenoxy) is 1. The van der Waals surface area contributed by atoms with Gasteiger partial charge in [0.2, 0.25) is 0 Å². The minimum atomic E-state index is -0.970. The second kappa shape index (κ2) is 13.4. The van der Waals surface area contributed by atoms with Crippen LogP contribution in [-0.2, 0) is 16.1 Å². The van der Waals surface area contributed by atoms with E-state index in [1.54, 1.807) is 18.3 Å². The van der Waals surface area contributed by atoms with Gasteiger partial charge in [0, 0.05) is 38.6 Å². The average molecular weight is 531 g/mol. The number of nitrogens with zero attached hydrogens (tertiary/aromatic N) is 3. The van der Waals surface area contributed by atoms with Gasteiger partial charge in [0.25, 0.3) is 5.91 Å². The van der Waals surface area contributed by atoms with Crippen LogP contribution in [0.2, 0.25) is 0 Å². The fourth-order valence-corrected chi connectivity index (χ4v) is 4.79. The third-order valence-electron chi connectivity index (χ3n) is 6.79. The van der Waals surface area contributed by atoms with Gasteiger partial charge in [-0.05, 0) is 59.9 Å². The van der Waals surface area contributed by atoms with Gasteiger partial charge in [0.15, 0.2) is 0 Å². The van der Waals surface area contributed by atoms with Gasteiger partial charge in [-0.25, -0.2) is 4.79 Å². The Hall–Kier alpha value is -4.40. The first kappa shape index (κ1) is 27.6. The molecule has 0 bridgehead atoms. The number of aromatic nitrogens is 1. The van der Waals surface area contributed by atoms with Crippen LogP contribution in [0.25, 0.3) is 11.1 Å². The first-order valence-corrected chi connectivity index (χ1v) is 13.2. The maximum absolute atomic E-state index is 13.1. The molecule has 1 fully saturated rings. The number of anilines is 2. The van der Waals surface area contributed by atoms with Crippen molar-refractivity contribution in [1.82, 2.24) is 9.88 Å². The van der Waals surface area contributed by atoms with Crippen molar-refractivity contribution in [2.45, 2.75) is 38.6 Å². The predicted octanol–water partition coefficient (Wildman–Crippen LogP) is 5.42. The maximum Gasteiger partial charge on any atom is 0.411 e. The van der Waals surface area contributed by atoms with E-state index in [9.17, 15) is 19.5 Å². The highest BCUT2D eigenvalue weighted by atomic mass is 16.5. The number of hydrogen-bond acceptors (Lipinski definition) is 6. The number of aliphatic carboxylic acids is 1. The van der Waals surface area contributed by atoms with Crippen LogP contribution in [0, 0.1) is 0 Å². The van der Waals surface area contributed by atoms with Crippen molar-refractivity contribution in [2.24, 2.45) is 0 Å². The maximum atomic E-state index is 13.1. The van der Waals surface area contributed by atoms with Crippen molar-refractivity contribution < 1.29 is 24.2 Å². The summed E-state index contributed by atoms with van der Waals surface area (Å²) >= 11 is 0. The summed E-state index contributed by atoms with van der Waals surface area (Å²) in [7, 11) is 1.34.